The first kappa shape index (κ1) is 14.4. The van der Waals surface area contributed by atoms with Gasteiger partial charge in [-0.05, 0) is 31.4 Å². The molecule has 1 N–H and O–H groups in total. The molecule has 0 spiro atoms. The summed E-state index contributed by atoms with van der Waals surface area (Å²) in [6, 6.07) is 3.33. The predicted octanol–water partition coefficient (Wildman–Crippen LogP) is 2.31. The average Bonchev–Trinajstić information content (AvgIpc) is 2.44. The first-order valence-corrected chi connectivity index (χ1v) is 6.67. The molecule has 20 heavy (non-hydrogen) atoms. The number of rotatable bonds is 5. The number of carbonyl (C=O) groups is 2. The van der Waals surface area contributed by atoms with Gasteiger partial charge in [-0.15, -0.1) is 0 Å². The van der Waals surface area contributed by atoms with Gasteiger partial charge >= 0.3 is 5.97 Å². The Kier molecular flexibility index (Phi) is 4.27. The first-order chi connectivity index (χ1) is 9.58. The molecule has 0 bridgehead atoms. The number of aliphatic carboxylic acids is 1. The number of Topliss-reactive ketones (excluding diaryl/α,β-unsaturated/α-hetero) is 1. The van der Waals surface area contributed by atoms with Crippen molar-refractivity contribution in [3.05, 3.63) is 23.3 Å². The summed E-state index contributed by atoms with van der Waals surface area (Å²) < 4.78 is 10.5. The van der Waals surface area contributed by atoms with E-state index in [2.05, 4.69) is 0 Å². The minimum absolute atomic E-state index is 0.0213. The molecule has 0 aliphatic heterocycles. The third-order valence-electron chi connectivity index (χ3n) is 3.66. The van der Waals surface area contributed by atoms with Crippen molar-refractivity contribution in [3.8, 4) is 11.5 Å². The molecule has 0 amide bonds. The molecule has 0 aromatic heterocycles. The highest BCUT2D eigenvalue weighted by atomic mass is 16.5. The Morgan fingerprint density at radius 3 is 2.70 bits per heavy atom. The molecule has 0 radical (unpaired) electrons. The van der Waals surface area contributed by atoms with E-state index in [0.717, 1.165) is 24.8 Å². The summed E-state index contributed by atoms with van der Waals surface area (Å²) in [7, 11) is 1.56. The summed E-state index contributed by atoms with van der Waals surface area (Å²) in [5.74, 6) is -0.0726. The number of hydrogen-bond acceptors (Lipinski definition) is 4. The second-order valence-corrected chi connectivity index (χ2v) is 4.81. The van der Waals surface area contributed by atoms with E-state index in [1.54, 1.807) is 19.2 Å². The number of hydrogen-bond donors (Lipinski definition) is 1. The molecule has 1 aliphatic carbocycles. The smallest absolute Gasteiger partial charge is 0.341 e. The number of carboxylic acids is 1. The van der Waals surface area contributed by atoms with Gasteiger partial charge in [0.15, 0.2) is 12.4 Å². The maximum Gasteiger partial charge on any atom is 0.341 e. The predicted molar refractivity (Wildman–Crippen MR) is 72.6 cm³/mol. The molecular weight excluding hydrogens is 260 g/mol. The third-order valence-corrected chi connectivity index (χ3v) is 3.66. The standard InChI is InChI=1S/C15H18O5/c1-3-9-4-5-10-11(19-2)6-7-12(14(10)15(9)18)20-8-13(16)17/h6-7,9H,3-5,8H2,1-2H3,(H,16,17)/t9-/m1/s1. The van der Waals surface area contributed by atoms with Gasteiger partial charge in [-0.3, -0.25) is 4.79 Å². The molecule has 5 nitrogen and oxygen atoms in total. The largest absolute Gasteiger partial charge is 0.496 e. The zero-order valence-electron chi connectivity index (χ0n) is 11.6. The van der Waals surface area contributed by atoms with Crippen molar-refractivity contribution in [1.82, 2.24) is 0 Å². The van der Waals surface area contributed by atoms with Crippen LogP contribution in [-0.4, -0.2) is 30.6 Å². The lowest BCUT2D eigenvalue weighted by Crippen LogP contribution is -2.24. The van der Waals surface area contributed by atoms with Crippen LogP contribution in [0.3, 0.4) is 0 Å². The highest BCUT2D eigenvalue weighted by Gasteiger charge is 2.31. The number of carbonyl (C=O) groups excluding carboxylic acids is 1. The van der Waals surface area contributed by atoms with E-state index in [1.165, 1.54) is 0 Å². The van der Waals surface area contributed by atoms with Crippen molar-refractivity contribution >= 4 is 11.8 Å². The van der Waals surface area contributed by atoms with Gasteiger partial charge in [-0.1, -0.05) is 6.92 Å². The normalized spacial score (nSPS) is 17.5. The average molecular weight is 278 g/mol. The molecule has 0 heterocycles. The molecule has 1 atom stereocenters. The van der Waals surface area contributed by atoms with Crippen LogP contribution in [0.2, 0.25) is 0 Å². The van der Waals surface area contributed by atoms with Crippen molar-refractivity contribution in [2.45, 2.75) is 26.2 Å². The van der Waals surface area contributed by atoms with Crippen LogP contribution in [0.25, 0.3) is 0 Å². The fourth-order valence-electron chi connectivity index (χ4n) is 2.62. The molecule has 0 saturated heterocycles. The Bertz CT molecular complexity index is 535. The van der Waals surface area contributed by atoms with Crippen LogP contribution >= 0.6 is 0 Å². The second-order valence-electron chi connectivity index (χ2n) is 4.81. The number of ether oxygens (including phenoxy) is 2. The van der Waals surface area contributed by atoms with Crippen LogP contribution in [0.1, 0.15) is 35.7 Å². The van der Waals surface area contributed by atoms with E-state index in [1.807, 2.05) is 6.92 Å². The summed E-state index contributed by atoms with van der Waals surface area (Å²) in [5, 5.41) is 8.71. The van der Waals surface area contributed by atoms with E-state index in [-0.39, 0.29) is 11.7 Å². The summed E-state index contributed by atoms with van der Waals surface area (Å²) in [5.41, 5.74) is 1.31. The van der Waals surface area contributed by atoms with Crippen molar-refractivity contribution < 1.29 is 24.2 Å². The molecule has 1 aromatic rings. The Morgan fingerprint density at radius 1 is 1.40 bits per heavy atom. The number of carboxylic acid groups (broad SMARTS) is 1. The minimum atomic E-state index is -1.06. The fourth-order valence-corrected chi connectivity index (χ4v) is 2.62. The van der Waals surface area contributed by atoms with Crippen LogP contribution in [0.5, 0.6) is 11.5 Å². The van der Waals surface area contributed by atoms with Gasteiger partial charge in [0.1, 0.15) is 11.5 Å². The zero-order chi connectivity index (χ0) is 14.7. The van der Waals surface area contributed by atoms with E-state index in [9.17, 15) is 9.59 Å². The number of benzene rings is 1. The molecule has 0 unspecified atom stereocenters. The third kappa shape index (κ3) is 2.61. The Hall–Kier alpha value is -2.04. The van der Waals surface area contributed by atoms with E-state index in [4.69, 9.17) is 14.6 Å². The van der Waals surface area contributed by atoms with Gasteiger partial charge in [0.25, 0.3) is 0 Å². The summed E-state index contributed by atoms with van der Waals surface area (Å²) in [6.07, 6.45) is 2.31. The maximum absolute atomic E-state index is 12.5. The fraction of sp³-hybridized carbons (Fsp3) is 0.467. The van der Waals surface area contributed by atoms with Crippen LogP contribution in [0.4, 0.5) is 0 Å². The summed E-state index contributed by atoms with van der Waals surface area (Å²) in [4.78, 5) is 23.1. The minimum Gasteiger partial charge on any atom is -0.496 e. The quantitative estimate of drug-likeness (QED) is 0.894. The van der Waals surface area contributed by atoms with Gasteiger partial charge in [0.2, 0.25) is 0 Å². The van der Waals surface area contributed by atoms with Gasteiger partial charge in [-0.25, -0.2) is 4.79 Å². The topological polar surface area (TPSA) is 72.8 Å². The molecule has 2 rings (SSSR count). The lowest BCUT2D eigenvalue weighted by Gasteiger charge is -2.25. The summed E-state index contributed by atoms with van der Waals surface area (Å²) in [6.45, 7) is 1.52. The highest BCUT2D eigenvalue weighted by molar-refractivity contribution is 6.03. The van der Waals surface area contributed by atoms with Gasteiger partial charge in [0, 0.05) is 11.5 Å². The highest BCUT2D eigenvalue weighted by Crippen LogP contribution is 2.38. The van der Waals surface area contributed by atoms with E-state index in [0.29, 0.717) is 17.1 Å². The van der Waals surface area contributed by atoms with Gasteiger partial charge in [-0.2, -0.15) is 0 Å². The van der Waals surface area contributed by atoms with Crippen molar-refractivity contribution in [2.75, 3.05) is 13.7 Å². The van der Waals surface area contributed by atoms with Crippen LogP contribution in [0, 0.1) is 5.92 Å². The second kappa shape index (κ2) is 5.94. The molecular formula is C15H18O5. The number of methoxy groups -OCH3 is 1. The molecule has 0 saturated carbocycles. The van der Waals surface area contributed by atoms with Crippen molar-refractivity contribution in [3.63, 3.8) is 0 Å². The van der Waals surface area contributed by atoms with Gasteiger partial charge in [0.05, 0.1) is 12.7 Å². The van der Waals surface area contributed by atoms with Crippen LogP contribution in [0.15, 0.2) is 12.1 Å². The van der Waals surface area contributed by atoms with Crippen molar-refractivity contribution in [2.24, 2.45) is 5.92 Å². The SMILES string of the molecule is CC[C@@H]1CCc2c(OC)ccc(OCC(=O)O)c2C1=O. The monoisotopic (exact) mass is 278 g/mol. The molecule has 5 heteroatoms. The Morgan fingerprint density at radius 2 is 2.10 bits per heavy atom. The lowest BCUT2D eigenvalue weighted by atomic mass is 9.80. The molecule has 108 valence electrons. The van der Waals surface area contributed by atoms with Crippen LogP contribution < -0.4 is 9.47 Å². The zero-order valence-corrected chi connectivity index (χ0v) is 11.6. The molecule has 1 aromatic carbocycles. The van der Waals surface area contributed by atoms with E-state index >= 15 is 0 Å². The first-order valence-electron chi connectivity index (χ1n) is 6.67. The lowest BCUT2D eigenvalue weighted by molar-refractivity contribution is -0.139. The van der Waals surface area contributed by atoms with Gasteiger partial charge < -0.3 is 14.6 Å². The van der Waals surface area contributed by atoms with Crippen molar-refractivity contribution in [1.29, 1.82) is 0 Å². The molecule has 0 fully saturated rings. The molecule has 1 aliphatic rings. The maximum atomic E-state index is 12.5. The number of fused-ring (bicyclic) bond motifs is 1. The van der Waals surface area contributed by atoms with Crippen LogP contribution in [-0.2, 0) is 11.2 Å². The Labute approximate surface area is 117 Å². The summed E-state index contributed by atoms with van der Waals surface area (Å²) >= 11 is 0. The Balaban J connectivity index is 2.44. The number of ketones is 1. The van der Waals surface area contributed by atoms with E-state index < -0.39 is 12.6 Å².